The molecule has 0 saturated heterocycles. The van der Waals surface area contributed by atoms with Crippen LogP contribution in [0.2, 0.25) is 0 Å². The zero-order valence-electron chi connectivity index (χ0n) is 17.4. The highest BCUT2D eigenvalue weighted by molar-refractivity contribution is 7.99. The number of anilines is 1. The molecule has 0 fully saturated rings. The minimum Gasteiger partial charge on any atom is -0.494 e. The summed E-state index contributed by atoms with van der Waals surface area (Å²) in [4.78, 5) is 31.8. The highest BCUT2D eigenvalue weighted by Crippen LogP contribution is 2.26. The number of nitrogens with zero attached hydrogens (tertiary/aromatic N) is 3. The summed E-state index contributed by atoms with van der Waals surface area (Å²) in [6.45, 7) is 0. The molecule has 0 radical (unpaired) electrons. The number of ether oxygens (including phenoxy) is 2. The molecule has 0 bridgehead atoms. The lowest BCUT2D eigenvalue weighted by Crippen LogP contribution is -2.17. The van der Waals surface area contributed by atoms with Gasteiger partial charge in [-0.15, -0.1) is 13.2 Å². The Kier molecular flexibility index (Phi) is 6.45. The first kappa shape index (κ1) is 23.2. The molecule has 4 rings (SSSR count). The van der Waals surface area contributed by atoms with E-state index in [1.165, 1.54) is 30.1 Å². The van der Waals surface area contributed by atoms with Crippen molar-refractivity contribution in [1.29, 1.82) is 0 Å². The number of methoxy groups -OCH3 is 1. The molecule has 0 aliphatic carbocycles. The molecular weight excluding hydrogens is 475 g/mol. The third-order valence-corrected chi connectivity index (χ3v) is 5.31. The number of alkyl halides is 3. The van der Waals surface area contributed by atoms with Crippen LogP contribution in [0.4, 0.5) is 18.9 Å². The van der Waals surface area contributed by atoms with Gasteiger partial charge in [0.1, 0.15) is 22.6 Å². The molecule has 0 unspecified atom stereocenters. The fourth-order valence-corrected chi connectivity index (χ4v) is 3.67. The molecule has 2 aromatic heterocycles. The predicted molar refractivity (Wildman–Crippen MR) is 119 cm³/mol. The second-order valence-corrected chi connectivity index (χ2v) is 7.71. The minimum absolute atomic E-state index is 0.113. The molecule has 0 aliphatic rings. The molecule has 0 atom stereocenters. The summed E-state index contributed by atoms with van der Waals surface area (Å²) >= 11 is 0.981. The van der Waals surface area contributed by atoms with Crippen LogP contribution >= 0.6 is 11.8 Å². The molecule has 2 N–H and O–H groups in total. The Labute approximate surface area is 193 Å². The summed E-state index contributed by atoms with van der Waals surface area (Å²) in [5.41, 5.74) is 0.738. The molecule has 176 valence electrons. The summed E-state index contributed by atoms with van der Waals surface area (Å²) in [6.07, 6.45) is -3.41. The van der Waals surface area contributed by atoms with Crippen molar-refractivity contribution in [3.05, 3.63) is 65.1 Å². The van der Waals surface area contributed by atoms with E-state index in [1.54, 1.807) is 24.3 Å². The highest BCUT2D eigenvalue weighted by Gasteiger charge is 2.31. The molecule has 0 saturated carbocycles. The van der Waals surface area contributed by atoms with E-state index in [0.29, 0.717) is 11.4 Å². The first-order chi connectivity index (χ1) is 16.2. The molecule has 34 heavy (non-hydrogen) atoms. The number of benzene rings is 2. The Morgan fingerprint density at radius 2 is 1.91 bits per heavy atom. The number of thioether (sulfide) groups is 1. The Bertz CT molecular complexity index is 1390. The standard InChI is InChI=1S/C21H16F3N5O4S/c1-32-16-5-3-2-4-15(16)29-18-14(10-25-29)19(31)28-20(27-18)34-11-17(30)26-12-6-8-13(9-7-12)33-21(22,23)24/h2-10H,11H2,1H3,(H,26,30)(H,27,28,31). The van der Waals surface area contributed by atoms with Crippen molar-refractivity contribution < 1.29 is 27.4 Å². The average Bonchev–Trinajstić information content (AvgIpc) is 3.22. The average molecular weight is 491 g/mol. The minimum atomic E-state index is -4.80. The van der Waals surface area contributed by atoms with E-state index >= 15 is 0 Å². The van der Waals surface area contributed by atoms with E-state index in [-0.39, 0.29) is 27.6 Å². The summed E-state index contributed by atoms with van der Waals surface area (Å²) in [6, 6.07) is 11.8. The van der Waals surface area contributed by atoms with E-state index in [4.69, 9.17) is 4.74 Å². The van der Waals surface area contributed by atoms with Crippen molar-refractivity contribution in [3.63, 3.8) is 0 Å². The number of nitrogens with one attached hydrogen (secondary N) is 2. The maximum absolute atomic E-state index is 12.5. The molecule has 1 amide bonds. The van der Waals surface area contributed by atoms with E-state index in [0.717, 1.165) is 23.9 Å². The lowest BCUT2D eigenvalue weighted by Gasteiger charge is -2.10. The first-order valence-electron chi connectivity index (χ1n) is 9.63. The fraction of sp³-hybridized carbons (Fsp3) is 0.143. The van der Waals surface area contributed by atoms with Gasteiger partial charge in [0.15, 0.2) is 10.8 Å². The lowest BCUT2D eigenvalue weighted by atomic mass is 10.3. The number of H-pyrrole nitrogens is 1. The van der Waals surface area contributed by atoms with Crippen LogP contribution in [0.15, 0.2) is 64.7 Å². The molecule has 2 aromatic carbocycles. The Morgan fingerprint density at radius 3 is 2.62 bits per heavy atom. The lowest BCUT2D eigenvalue weighted by molar-refractivity contribution is -0.274. The second kappa shape index (κ2) is 9.47. The maximum Gasteiger partial charge on any atom is 0.573 e. The number of carbonyl (C=O) groups is 1. The van der Waals surface area contributed by atoms with E-state index in [2.05, 4.69) is 25.1 Å². The van der Waals surface area contributed by atoms with Crippen molar-refractivity contribution in [1.82, 2.24) is 19.7 Å². The van der Waals surface area contributed by atoms with Crippen LogP contribution < -0.4 is 20.3 Å². The van der Waals surface area contributed by atoms with Crippen LogP contribution in [0.5, 0.6) is 11.5 Å². The number of halogens is 3. The van der Waals surface area contributed by atoms with Gasteiger partial charge in [0, 0.05) is 5.69 Å². The zero-order chi connectivity index (χ0) is 24.3. The third-order valence-electron chi connectivity index (χ3n) is 4.44. The van der Waals surface area contributed by atoms with E-state index in [9.17, 15) is 22.8 Å². The van der Waals surface area contributed by atoms with Crippen LogP contribution in [-0.2, 0) is 4.79 Å². The van der Waals surface area contributed by atoms with E-state index < -0.39 is 23.6 Å². The third kappa shape index (κ3) is 5.31. The van der Waals surface area contributed by atoms with Gasteiger partial charge in [0.05, 0.1) is 19.1 Å². The summed E-state index contributed by atoms with van der Waals surface area (Å²) in [5.74, 6) is -0.426. The molecule has 0 spiro atoms. The zero-order valence-corrected chi connectivity index (χ0v) is 18.2. The maximum atomic E-state index is 12.5. The predicted octanol–water partition coefficient (Wildman–Crippen LogP) is 3.75. The number of hydrogen-bond acceptors (Lipinski definition) is 7. The van der Waals surface area contributed by atoms with Crippen LogP contribution in [0.1, 0.15) is 0 Å². The van der Waals surface area contributed by atoms with Crippen molar-refractivity contribution in [2.75, 3.05) is 18.2 Å². The van der Waals surface area contributed by atoms with Gasteiger partial charge in [-0.05, 0) is 36.4 Å². The number of para-hydroxylation sites is 2. The Hall–Kier alpha value is -4.00. The van der Waals surface area contributed by atoms with Crippen LogP contribution in [0.3, 0.4) is 0 Å². The van der Waals surface area contributed by atoms with Crippen molar-refractivity contribution >= 4 is 34.4 Å². The normalized spacial score (nSPS) is 11.4. The van der Waals surface area contributed by atoms with Gasteiger partial charge in [0.25, 0.3) is 5.56 Å². The number of carbonyl (C=O) groups excluding carboxylic acids is 1. The topological polar surface area (TPSA) is 111 Å². The quantitative estimate of drug-likeness (QED) is 0.299. The summed E-state index contributed by atoms with van der Waals surface area (Å²) in [5, 5.41) is 7.25. The van der Waals surface area contributed by atoms with Crippen molar-refractivity contribution in [3.8, 4) is 17.2 Å². The van der Waals surface area contributed by atoms with Gasteiger partial charge < -0.3 is 19.8 Å². The monoisotopic (exact) mass is 491 g/mol. The summed E-state index contributed by atoms with van der Waals surface area (Å²) < 4.78 is 47.3. The number of aromatic nitrogens is 4. The van der Waals surface area contributed by atoms with E-state index in [1.807, 2.05) is 0 Å². The highest BCUT2D eigenvalue weighted by atomic mass is 32.2. The van der Waals surface area contributed by atoms with Gasteiger partial charge in [0.2, 0.25) is 5.91 Å². The molecular formula is C21H16F3N5O4S. The largest absolute Gasteiger partial charge is 0.573 e. The van der Waals surface area contributed by atoms with Crippen LogP contribution in [0, 0.1) is 0 Å². The van der Waals surface area contributed by atoms with Gasteiger partial charge in [-0.2, -0.15) is 5.10 Å². The van der Waals surface area contributed by atoms with Gasteiger partial charge in [-0.25, -0.2) is 9.67 Å². The van der Waals surface area contributed by atoms with Crippen LogP contribution in [-0.4, -0.2) is 44.9 Å². The Balaban J connectivity index is 1.47. The van der Waals surface area contributed by atoms with Gasteiger partial charge in [-0.1, -0.05) is 23.9 Å². The fourth-order valence-electron chi connectivity index (χ4n) is 3.02. The molecule has 9 nitrogen and oxygen atoms in total. The number of rotatable bonds is 7. The smallest absolute Gasteiger partial charge is 0.494 e. The SMILES string of the molecule is COc1ccccc1-n1ncc2c(=O)[nH]c(SCC(=O)Nc3ccc(OC(F)(F)F)cc3)nc21. The van der Waals surface area contributed by atoms with Gasteiger partial charge >= 0.3 is 6.36 Å². The molecule has 4 aromatic rings. The summed E-state index contributed by atoms with van der Waals surface area (Å²) in [7, 11) is 1.52. The molecule has 2 heterocycles. The second-order valence-electron chi connectivity index (χ2n) is 6.75. The van der Waals surface area contributed by atoms with Crippen molar-refractivity contribution in [2.24, 2.45) is 0 Å². The van der Waals surface area contributed by atoms with Gasteiger partial charge in [-0.3, -0.25) is 9.59 Å². The van der Waals surface area contributed by atoms with Crippen molar-refractivity contribution in [2.45, 2.75) is 11.5 Å². The Morgan fingerprint density at radius 1 is 1.18 bits per heavy atom. The van der Waals surface area contributed by atoms with Crippen LogP contribution in [0.25, 0.3) is 16.7 Å². The first-order valence-corrected chi connectivity index (χ1v) is 10.6. The number of fused-ring (bicyclic) bond motifs is 1. The molecule has 0 aliphatic heterocycles. The number of aromatic amines is 1. The molecule has 13 heteroatoms. The number of hydrogen-bond donors (Lipinski definition) is 2. The number of amides is 1.